The van der Waals surface area contributed by atoms with Crippen LogP contribution in [0.1, 0.15) is 12.3 Å². The molecular formula is C12H11BrClNO. The monoisotopic (exact) mass is 299 g/mol. The van der Waals surface area contributed by atoms with E-state index in [9.17, 15) is 0 Å². The molecule has 0 amide bonds. The fourth-order valence-corrected chi connectivity index (χ4v) is 1.95. The maximum Gasteiger partial charge on any atom is 0.194 e. The first-order chi connectivity index (χ1) is 7.79. The van der Waals surface area contributed by atoms with Crippen molar-refractivity contribution in [2.75, 3.05) is 5.88 Å². The van der Waals surface area contributed by atoms with Gasteiger partial charge in [-0.25, -0.2) is 4.98 Å². The molecule has 0 bridgehead atoms. The Morgan fingerprint density at radius 2 is 2.25 bits per heavy atom. The smallest absolute Gasteiger partial charge is 0.194 e. The van der Waals surface area contributed by atoms with Crippen LogP contribution in [0, 0.1) is 0 Å². The van der Waals surface area contributed by atoms with Crippen LogP contribution >= 0.6 is 27.5 Å². The lowest BCUT2D eigenvalue weighted by Crippen LogP contribution is -1.84. The highest BCUT2D eigenvalue weighted by molar-refractivity contribution is 9.10. The van der Waals surface area contributed by atoms with Gasteiger partial charge in [-0.05, 0) is 18.6 Å². The number of aryl methyl sites for hydroxylation is 1. The zero-order chi connectivity index (χ0) is 11.4. The summed E-state index contributed by atoms with van der Waals surface area (Å²) in [5.74, 6) is 2.18. The first-order valence-corrected chi connectivity index (χ1v) is 6.39. The third-order valence-electron chi connectivity index (χ3n) is 2.19. The number of hydrogen-bond donors (Lipinski definition) is 0. The third-order valence-corrected chi connectivity index (χ3v) is 2.95. The average Bonchev–Trinajstić information content (AvgIpc) is 2.75. The van der Waals surface area contributed by atoms with Crippen molar-refractivity contribution in [1.82, 2.24) is 4.98 Å². The van der Waals surface area contributed by atoms with Crippen molar-refractivity contribution >= 4 is 27.5 Å². The van der Waals surface area contributed by atoms with Gasteiger partial charge >= 0.3 is 0 Å². The third kappa shape index (κ3) is 2.86. The molecule has 0 N–H and O–H groups in total. The van der Waals surface area contributed by atoms with Gasteiger partial charge in [0.15, 0.2) is 11.7 Å². The van der Waals surface area contributed by atoms with Gasteiger partial charge in [0.05, 0.1) is 6.20 Å². The second-order valence-corrected chi connectivity index (χ2v) is 4.71. The lowest BCUT2D eigenvalue weighted by molar-refractivity contribution is 0.503. The molecule has 1 aromatic carbocycles. The molecule has 0 radical (unpaired) electrons. The number of hydrogen-bond acceptors (Lipinski definition) is 2. The number of nitrogens with zero attached hydrogens (tertiary/aromatic N) is 1. The number of halogens is 2. The largest absolute Gasteiger partial charge is 0.441 e. The van der Waals surface area contributed by atoms with Crippen molar-refractivity contribution in [3.05, 3.63) is 40.8 Å². The van der Waals surface area contributed by atoms with E-state index in [4.69, 9.17) is 16.0 Å². The standard InChI is InChI=1S/C12H11BrClNO/c13-10-4-1-3-9(7-10)11-8-15-12(16-11)5-2-6-14/h1,3-4,7-8H,2,5-6H2. The van der Waals surface area contributed by atoms with E-state index in [0.29, 0.717) is 5.88 Å². The van der Waals surface area contributed by atoms with Crippen molar-refractivity contribution in [2.24, 2.45) is 0 Å². The Morgan fingerprint density at radius 3 is 3.00 bits per heavy atom. The maximum atomic E-state index is 5.64. The summed E-state index contributed by atoms with van der Waals surface area (Å²) in [6.07, 6.45) is 3.43. The molecule has 0 aliphatic rings. The van der Waals surface area contributed by atoms with Gasteiger partial charge in [-0.1, -0.05) is 28.1 Å². The van der Waals surface area contributed by atoms with Crippen molar-refractivity contribution in [2.45, 2.75) is 12.8 Å². The lowest BCUT2D eigenvalue weighted by atomic mass is 10.2. The fraction of sp³-hybridized carbons (Fsp3) is 0.250. The molecule has 0 atom stereocenters. The summed E-state index contributed by atoms with van der Waals surface area (Å²) in [6, 6.07) is 7.96. The highest BCUT2D eigenvalue weighted by Crippen LogP contribution is 2.23. The number of alkyl halides is 1. The zero-order valence-electron chi connectivity index (χ0n) is 8.62. The van der Waals surface area contributed by atoms with Crippen molar-refractivity contribution in [3.63, 3.8) is 0 Å². The molecule has 84 valence electrons. The Labute approximate surface area is 108 Å². The van der Waals surface area contributed by atoms with Crippen LogP contribution in [0.5, 0.6) is 0 Å². The van der Waals surface area contributed by atoms with Gasteiger partial charge in [0.25, 0.3) is 0 Å². The number of rotatable bonds is 4. The summed E-state index contributed by atoms with van der Waals surface area (Å²) in [5, 5.41) is 0. The molecule has 16 heavy (non-hydrogen) atoms. The predicted molar refractivity (Wildman–Crippen MR) is 68.7 cm³/mol. The molecular weight excluding hydrogens is 289 g/mol. The van der Waals surface area contributed by atoms with Gasteiger partial charge in [0, 0.05) is 22.3 Å². The van der Waals surface area contributed by atoms with Crippen LogP contribution in [0.15, 0.2) is 39.4 Å². The van der Waals surface area contributed by atoms with Crippen LogP contribution in [0.25, 0.3) is 11.3 Å². The van der Waals surface area contributed by atoms with Crippen molar-refractivity contribution in [1.29, 1.82) is 0 Å². The summed E-state index contributed by atoms with van der Waals surface area (Å²) in [4.78, 5) is 4.22. The molecule has 2 rings (SSSR count). The minimum absolute atomic E-state index is 0.634. The topological polar surface area (TPSA) is 26.0 Å². The summed E-state index contributed by atoms with van der Waals surface area (Å²) in [7, 11) is 0. The van der Waals surface area contributed by atoms with Crippen LogP contribution in [-0.2, 0) is 6.42 Å². The molecule has 2 aromatic rings. The van der Waals surface area contributed by atoms with Gasteiger partial charge in [-0.3, -0.25) is 0 Å². The molecule has 1 aromatic heterocycles. The maximum absolute atomic E-state index is 5.64. The molecule has 0 unspecified atom stereocenters. The van der Waals surface area contributed by atoms with Crippen LogP contribution in [0.2, 0.25) is 0 Å². The first-order valence-electron chi connectivity index (χ1n) is 5.06. The molecule has 0 saturated carbocycles. The molecule has 2 nitrogen and oxygen atoms in total. The van der Waals surface area contributed by atoms with E-state index in [0.717, 1.165) is 34.5 Å². The van der Waals surface area contributed by atoms with E-state index in [1.807, 2.05) is 24.3 Å². The molecule has 0 saturated heterocycles. The molecule has 0 aliphatic carbocycles. The molecule has 0 aliphatic heterocycles. The molecule has 1 heterocycles. The normalized spacial score (nSPS) is 10.6. The van der Waals surface area contributed by atoms with E-state index in [-0.39, 0.29) is 0 Å². The lowest BCUT2D eigenvalue weighted by Gasteiger charge is -1.96. The second-order valence-electron chi connectivity index (χ2n) is 3.42. The highest BCUT2D eigenvalue weighted by Gasteiger charge is 2.06. The van der Waals surface area contributed by atoms with Gasteiger partial charge in [-0.15, -0.1) is 11.6 Å². The molecule has 4 heteroatoms. The first kappa shape index (κ1) is 11.7. The summed E-state index contributed by atoms with van der Waals surface area (Å²) >= 11 is 9.05. The Bertz CT molecular complexity index is 470. The van der Waals surface area contributed by atoms with Gasteiger partial charge < -0.3 is 4.42 Å². The van der Waals surface area contributed by atoms with E-state index < -0.39 is 0 Å². The summed E-state index contributed by atoms with van der Waals surface area (Å²) < 4.78 is 6.67. The number of oxazole rings is 1. The van der Waals surface area contributed by atoms with Crippen LogP contribution in [0.4, 0.5) is 0 Å². The average molecular weight is 301 g/mol. The van der Waals surface area contributed by atoms with Crippen molar-refractivity contribution in [3.8, 4) is 11.3 Å². The predicted octanol–water partition coefficient (Wildman–Crippen LogP) is 4.28. The van der Waals surface area contributed by atoms with Gasteiger partial charge in [-0.2, -0.15) is 0 Å². The minimum atomic E-state index is 0.634. The van der Waals surface area contributed by atoms with Crippen LogP contribution < -0.4 is 0 Å². The van der Waals surface area contributed by atoms with E-state index in [2.05, 4.69) is 20.9 Å². The summed E-state index contributed by atoms with van der Waals surface area (Å²) in [6.45, 7) is 0. The van der Waals surface area contributed by atoms with Gasteiger partial charge in [0.1, 0.15) is 0 Å². The van der Waals surface area contributed by atoms with Crippen molar-refractivity contribution < 1.29 is 4.42 Å². The van der Waals surface area contributed by atoms with Gasteiger partial charge in [0.2, 0.25) is 0 Å². The number of benzene rings is 1. The van der Waals surface area contributed by atoms with E-state index in [1.165, 1.54) is 0 Å². The SMILES string of the molecule is ClCCCc1ncc(-c2cccc(Br)c2)o1. The Kier molecular flexibility index (Phi) is 4.02. The quantitative estimate of drug-likeness (QED) is 0.788. The minimum Gasteiger partial charge on any atom is -0.441 e. The molecule has 0 spiro atoms. The zero-order valence-corrected chi connectivity index (χ0v) is 11.0. The molecule has 0 fully saturated rings. The van der Waals surface area contributed by atoms with E-state index in [1.54, 1.807) is 6.20 Å². The Hall–Kier alpha value is -0.800. The highest BCUT2D eigenvalue weighted by atomic mass is 79.9. The van der Waals surface area contributed by atoms with E-state index >= 15 is 0 Å². The Balaban J connectivity index is 2.18. The van der Waals surface area contributed by atoms with Crippen LogP contribution in [-0.4, -0.2) is 10.9 Å². The summed E-state index contributed by atoms with van der Waals surface area (Å²) in [5.41, 5.74) is 1.03. The fourth-order valence-electron chi connectivity index (χ4n) is 1.42. The Morgan fingerprint density at radius 1 is 1.38 bits per heavy atom. The second kappa shape index (κ2) is 5.51. The van der Waals surface area contributed by atoms with Crippen LogP contribution in [0.3, 0.4) is 0 Å². The number of aromatic nitrogens is 1.